The Morgan fingerprint density at radius 1 is 1.21 bits per heavy atom. The summed E-state index contributed by atoms with van der Waals surface area (Å²) in [7, 11) is 0. The molecule has 0 unspecified atom stereocenters. The van der Waals surface area contributed by atoms with Crippen LogP contribution < -0.4 is 5.32 Å². The predicted octanol–water partition coefficient (Wildman–Crippen LogP) is 4.22. The van der Waals surface area contributed by atoms with Gasteiger partial charge in [-0.15, -0.1) is 0 Å². The minimum Gasteiger partial charge on any atom is -0.390 e. The van der Waals surface area contributed by atoms with Gasteiger partial charge in [0, 0.05) is 29.7 Å². The van der Waals surface area contributed by atoms with Crippen LogP contribution in [-0.2, 0) is 11.4 Å². The number of carbonyl (C=O) groups excluding carboxylic acids is 1. The van der Waals surface area contributed by atoms with Crippen molar-refractivity contribution >= 4 is 11.7 Å². The van der Waals surface area contributed by atoms with E-state index in [9.17, 15) is 18.0 Å². The second kappa shape index (κ2) is 8.98. The number of benzene rings is 2. The number of nitrogens with one attached hydrogen (secondary N) is 1. The lowest BCUT2D eigenvalue weighted by Crippen LogP contribution is -2.45. The van der Waals surface area contributed by atoms with E-state index >= 15 is 0 Å². The summed E-state index contributed by atoms with van der Waals surface area (Å²) in [5.41, 5.74) is 1.37. The van der Waals surface area contributed by atoms with E-state index in [1.54, 1.807) is 12.1 Å². The molecule has 2 amide bonds. The van der Waals surface area contributed by atoms with E-state index in [4.69, 9.17) is 4.84 Å². The van der Waals surface area contributed by atoms with Gasteiger partial charge in [0.15, 0.2) is 6.10 Å². The van der Waals surface area contributed by atoms with Crippen LogP contribution in [0.15, 0.2) is 47.6 Å². The van der Waals surface area contributed by atoms with E-state index in [0.717, 1.165) is 12.1 Å². The fourth-order valence-corrected chi connectivity index (χ4v) is 3.02. The normalized spacial score (nSPS) is 15.8. The maximum Gasteiger partial charge on any atom is 0.318 e. The molecule has 0 bridgehead atoms. The lowest BCUT2D eigenvalue weighted by Gasteiger charge is -2.26. The summed E-state index contributed by atoms with van der Waals surface area (Å²) in [6.07, 6.45) is -0.0874. The second-order valence-corrected chi connectivity index (χ2v) is 7.20. The molecule has 154 valence electrons. The molecule has 5 nitrogen and oxygen atoms in total. The van der Waals surface area contributed by atoms with E-state index in [1.807, 2.05) is 13.8 Å². The molecule has 0 saturated heterocycles. The monoisotopic (exact) mass is 405 g/mol. The van der Waals surface area contributed by atoms with E-state index < -0.39 is 23.8 Å². The summed E-state index contributed by atoms with van der Waals surface area (Å²) in [4.78, 5) is 19.4. The third-order valence-electron chi connectivity index (χ3n) is 4.39. The molecule has 0 spiro atoms. The van der Waals surface area contributed by atoms with Gasteiger partial charge in [0.05, 0.1) is 18.8 Å². The Hall–Kier alpha value is -3.03. The average molecular weight is 405 g/mol. The molecule has 8 heteroatoms. The van der Waals surface area contributed by atoms with Gasteiger partial charge in [-0.25, -0.2) is 18.0 Å². The first-order valence-electron chi connectivity index (χ1n) is 9.30. The topological polar surface area (TPSA) is 53.9 Å². The summed E-state index contributed by atoms with van der Waals surface area (Å²) in [5.74, 6) is -1.79. The first kappa shape index (κ1) is 20.7. The third kappa shape index (κ3) is 5.49. The van der Waals surface area contributed by atoms with Crippen molar-refractivity contribution in [2.75, 3.05) is 6.54 Å². The summed E-state index contributed by atoms with van der Waals surface area (Å²) < 4.78 is 40.7. The van der Waals surface area contributed by atoms with Gasteiger partial charge in [-0.2, -0.15) is 0 Å². The number of hydrogen-bond acceptors (Lipinski definition) is 3. The van der Waals surface area contributed by atoms with Crippen molar-refractivity contribution in [1.29, 1.82) is 0 Å². The van der Waals surface area contributed by atoms with Gasteiger partial charge in [0.2, 0.25) is 0 Å². The van der Waals surface area contributed by atoms with Crippen LogP contribution in [-0.4, -0.2) is 35.3 Å². The van der Waals surface area contributed by atoms with Gasteiger partial charge >= 0.3 is 6.03 Å². The zero-order valence-corrected chi connectivity index (χ0v) is 16.2. The summed E-state index contributed by atoms with van der Waals surface area (Å²) in [5, 5.41) is 6.77. The van der Waals surface area contributed by atoms with Crippen molar-refractivity contribution in [1.82, 2.24) is 10.2 Å². The van der Waals surface area contributed by atoms with Crippen LogP contribution in [0.3, 0.4) is 0 Å². The van der Waals surface area contributed by atoms with Gasteiger partial charge in [0.25, 0.3) is 0 Å². The molecule has 0 fully saturated rings. The number of urea groups is 1. The molecule has 29 heavy (non-hydrogen) atoms. The van der Waals surface area contributed by atoms with Gasteiger partial charge in [0.1, 0.15) is 17.5 Å². The predicted molar refractivity (Wildman–Crippen MR) is 103 cm³/mol. The smallest absolute Gasteiger partial charge is 0.318 e. The molecule has 0 aliphatic carbocycles. The van der Waals surface area contributed by atoms with Crippen LogP contribution in [0.25, 0.3) is 0 Å². The van der Waals surface area contributed by atoms with E-state index in [2.05, 4.69) is 10.5 Å². The SMILES string of the molecule is CC(C)NC(=O)N(Cc1ccc(F)cc1F)C[C@H]1CC(c2cccc(F)c2)=NO1. The first-order chi connectivity index (χ1) is 13.8. The maximum absolute atomic E-state index is 14.1. The van der Waals surface area contributed by atoms with Crippen LogP contribution in [0.1, 0.15) is 31.4 Å². The molecule has 3 rings (SSSR count). The van der Waals surface area contributed by atoms with Crippen LogP contribution in [0.5, 0.6) is 0 Å². The Balaban J connectivity index is 1.71. The lowest BCUT2D eigenvalue weighted by molar-refractivity contribution is 0.0584. The molecule has 2 aromatic carbocycles. The molecule has 1 atom stereocenters. The average Bonchev–Trinajstić information content (AvgIpc) is 3.11. The number of hydrogen-bond donors (Lipinski definition) is 1. The molecule has 0 saturated carbocycles. The molecule has 1 aliphatic rings. The van der Waals surface area contributed by atoms with Crippen molar-refractivity contribution in [2.24, 2.45) is 5.16 Å². The quantitative estimate of drug-likeness (QED) is 0.783. The highest BCUT2D eigenvalue weighted by Crippen LogP contribution is 2.20. The molecular weight excluding hydrogens is 383 g/mol. The van der Waals surface area contributed by atoms with Gasteiger partial charge in [-0.3, -0.25) is 0 Å². The third-order valence-corrected chi connectivity index (χ3v) is 4.39. The van der Waals surface area contributed by atoms with E-state index in [0.29, 0.717) is 17.7 Å². The van der Waals surface area contributed by atoms with Crippen LogP contribution >= 0.6 is 0 Å². The Kier molecular flexibility index (Phi) is 6.41. The van der Waals surface area contributed by atoms with Gasteiger partial charge < -0.3 is 15.1 Å². The minimum absolute atomic E-state index is 0.0557. The molecule has 1 aliphatic heterocycles. The highest BCUT2D eigenvalue weighted by atomic mass is 19.1. The largest absolute Gasteiger partial charge is 0.390 e. The Morgan fingerprint density at radius 2 is 1.97 bits per heavy atom. The van der Waals surface area contributed by atoms with Crippen molar-refractivity contribution in [2.45, 2.75) is 39.0 Å². The molecule has 2 aromatic rings. The fourth-order valence-electron chi connectivity index (χ4n) is 3.02. The van der Waals surface area contributed by atoms with Crippen molar-refractivity contribution in [3.05, 3.63) is 71.0 Å². The fraction of sp³-hybridized carbons (Fsp3) is 0.333. The van der Waals surface area contributed by atoms with E-state index in [-0.39, 0.29) is 30.5 Å². The molecule has 0 radical (unpaired) electrons. The number of oxime groups is 1. The zero-order valence-electron chi connectivity index (χ0n) is 16.2. The first-order valence-corrected chi connectivity index (χ1v) is 9.30. The minimum atomic E-state index is -0.726. The maximum atomic E-state index is 14.1. The van der Waals surface area contributed by atoms with Crippen LogP contribution in [0, 0.1) is 17.5 Å². The zero-order chi connectivity index (χ0) is 21.0. The molecular formula is C21H22F3N3O2. The van der Waals surface area contributed by atoms with Crippen molar-refractivity contribution in [3.63, 3.8) is 0 Å². The molecule has 1 heterocycles. The van der Waals surface area contributed by atoms with Crippen LogP contribution in [0.4, 0.5) is 18.0 Å². The number of halogens is 3. The number of carbonyl (C=O) groups is 1. The molecule has 1 N–H and O–H groups in total. The lowest BCUT2D eigenvalue weighted by atomic mass is 10.0. The highest BCUT2D eigenvalue weighted by Gasteiger charge is 2.27. The Labute approximate surface area is 167 Å². The summed E-state index contributed by atoms with van der Waals surface area (Å²) >= 11 is 0. The van der Waals surface area contributed by atoms with Gasteiger partial charge in [-0.05, 0) is 32.0 Å². The van der Waals surface area contributed by atoms with Crippen molar-refractivity contribution < 1.29 is 22.8 Å². The van der Waals surface area contributed by atoms with E-state index in [1.165, 1.54) is 23.1 Å². The van der Waals surface area contributed by atoms with Crippen molar-refractivity contribution in [3.8, 4) is 0 Å². The highest BCUT2D eigenvalue weighted by molar-refractivity contribution is 6.01. The van der Waals surface area contributed by atoms with Gasteiger partial charge in [-0.1, -0.05) is 23.4 Å². The molecule has 0 aromatic heterocycles. The summed E-state index contributed by atoms with van der Waals surface area (Å²) in [6, 6.07) is 8.74. The number of rotatable bonds is 6. The van der Waals surface area contributed by atoms with Crippen LogP contribution in [0.2, 0.25) is 0 Å². The number of amides is 2. The number of nitrogens with zero attached hydrogens (tertiary/aromatic N) is 2. The Bertz CT molecular complexity index is 918. The standard InChI is InChI=1S/C21H22F3N3O2/c1-13(2)25-21(28)27(11-15-6-7-17(23)9-19(15)24)12-18-10-20(26-29-18)14-4-3-5-16(22)8-14/h3-9,13,18H,10-12H2,1-2H3,(H,25,28)/t18-/m1/s1. The second-order valence-electron chi connectivity index (χ2n) is 7.20. The Morgan fingerprint density at radius 3 is 2.66 bits per heavy atom. The summed E-state index contributed by atoms with van der Waals surface area (Å²) in [6.45, 7) is 3.70.